The Labute approximate surface area is 177 Å². The first-order valence-corrected chi connectivity index (χ1v) is 9.67. The highest BCUT2D eigenvalue weighted by molar-refractivity contribution is 6.01. The van der Waals surface area contributed by atoms with E-state index in [4.69, 9.17) is 14.0 Å². The molecule has 0 saturated carbocycles. The highest BCUT2D eigenvalue weighted by atomic mass is 19.1. The number of rotatable bonds is 7. The van der Waals surface area contributed by atoms with E-state index < -0.39 is 23.6 Å². The molecule has 0 saturated heterocycles. The Bertz CT molecular complexity index is 1080. The van der Waals surface area contributed by atoms with Crippen molar-refractivity contribution in [1.29, 1.82) is 0 Å². The van der Waals surface area contributed by atoms with E-state index in [0.717, 1.165) is 29.2 Å². The van der Waals surface area contributed by atoms with Gasteiger partial charge in [-0.05, 0) is 48.0 Å². The van der Waals surface area contributed by atoms with Crippen LogP contribution in [-0.2, 0) is 11.4 Å². The molecule has 0 spiro atoms. The van der Waals surface area contributed by atoms with Crippen LogP contribution in [0.4, 0.5) is 8.78 Å². The van der Waals surface area contributed by atoms with E-state index in [9.17, 15) is 13.6 Å². The van der Waals surface area contributed by atoms with Crippen molar-refractivity contribution in [2.24, 2.45) is 5.16 Å². The number of halogens is 2. The molecule has 1 atom stereocenters. The molecular weight excluding hydrogens is 406 g/mol. The molecule has 1 aliphatic rings. The van der Waals surface area contributed by atoms with Crippen LogP contribution in [0.25, 0.3) is 0 Å². The summed E-state index contributed by atoms with van der Waals surface area (Å²) in [5, 5.41) is 4.14. The predicted octanol–water partition coefficient (Wildman–Crippen LogP) is 4.40. The monoisotopic (exact) mass is 426 g/mol. The summed E-state index contributed by atoms with van der Waals surface area (Å²) in [6.45, 7) is 0.0862. The average molecular weight is 426 g/mol. The molecule has 1 aliphatic heterocycles. The van der Waals surface area contributed by atoms with Crippen LogP contribution in [0.5, 0.6) is 5.75 Å². The SMILES string of the molecule is COc1ccc(C2=NOC(CN(Cc3ccc(F)cc3F)C(=O)c3ccco3)C2)cc1. The minimum Gasteiger partial charge on any atom is -0.497 e. The Hall–Kier alpha value is -3.68. The normalized spacial score (nSPS) is 15.3. The lowest BCUT2D eigenvalue weighted by Crippen LogP contribution is -2.37. The van der Waals surface area contributed by atoms with Crippen molar-refractivity contribution < 1.29 is 27.6 Å². The van der Waals surface area contributed by atoms with Crippen molar-refractivity contribution in [3.63, 3.8) is 0 Å². The maximum atomic E-state index is 14.2. The molecule has 0 aliphatic carbocycles. The molecule has 2 heterocycles. The summed E-state index contributed by atoms with van der Waals surface area (Å²) in [5.74, 6) is -0.968. The minimum atomic E-state index is -0.722. The third-order valence-corrected chi connectivity index (χ3v) is 4.98. The lowest BCUT2D eigenvalue weighted by molar-refractivity contribution is 0.0385. The second-order valence-corrected chi connectivity index (χ2v) is 7.10. The quantitative estimate of drug-likeness (QED) is 0.562. The van der Waals surface area contributed by atoms with Gasteiger partial charge in [0.25, 0.3) is 5.91 Å². The molecule has 1 aromatic heterocycles. The van der Waals surface area contributed by atoms with Gasteiger partial charge in [0.05, 0.1) is 25.6 Å². The maximum Gasteiger partial charge on any atom is 0.289 e. The number of amides is 1. The zero-order valence-corrected chi connectivity index (χ0v) is 16.8. The van der Waals surface area contributed by atoms with Gasteiger partial charge in [0.15, 0.2) is 11.9 Å². The van der Waals surface area contributed by atoms with E-state index in [2.05, 4.69) is 5.16 Å². The Morgan fingerprint density at radius 1 is 1.19 bits per heavy atom. The third kappa shape index (κ3) is 4.74. The van der Waals surface area contributed by atoms with Crippen molar-refractivity contribution >= 4 is 11.6 Å². The second kappa shape index (κ2) is 8.99. The summed E-state index contributed by atoms with van der Waals surface area (Å²) < 4.78 is 37.9. The Kier molecular flexibility index (Phi) is 5.97. The largest absolute Gasteiger partial charge is 0.497 e. The number of hydrogen-bond donors (Lipinski definition) is 0. The lowest BCUT2D eigenvalue weighted by atomic mass is 10.0. The number of hydrogen-bond acceptors (Lipinski definition) is 5. The first-order valence-electron chi connectivity index (χ1n) is 9.67. The van der Waals surface area contributed by atoms with E-state index in [1.165, 1.54) is 23.3 Å². The number of nitrogens with zero attached hydrogens (tertiary/aromatic N) is 2. The molecule has 0 radical (unpaired) electrons. The molecule has 6 nitrogen and oxygen atoms in total. The van der Waals surface area contributed by atoms with Crippen LogP contribution in [0.15, 0.2) is 70.4 Å². The molecule has 2 aromatic carbocycles. The Morgan fingerprint density at radius 3 is 2.68 bits per heavy atom. The Balaban J connectivity index is 1.49. The molecule has 0 N–H and O–H groups in total. The second-order valence-electron chi connectivity index (χ2n) is 7.10. The van der Waals surface area contributed by atoms with Crippen LogP contribution >= 0.6 is 0 Å². The number of carbonyl (C=O) groups is 1. The van der Waals surface area contributed by atoms with Gasteiger partial charge in [-0.25, -0.2) is 8.78 Å². The summed E-state index contributed by atoms with van der Waals surface area (Å²) >= 11 is 0. The van der Waals surface area contributed by atoms with Gasteiger partial charge in [0, 0.05) is 24.6 Å². The zero-order valence-electron chi connectivity index (χ0n) is 16.8. The van der Waals surface area contributed by atoms with Crippen LogP contribution in [0.2, 0.25) is 0 Å². The van der Waals surface area contributed by atoms with Crippen LogP contribution < -0.4 is 4.74 Å². The molecule has 0 bridgehead atoms. The molecule has 3 aromatic rings. The summed E-state index contributed by atoms with van der Waals surface area (Å²) in [6, 6.07) is 13.8. The number of carbonyl (C=O) groups excluding carboxylic acids is 1. The van der Waals surface area contributed by atoms with Crippen molar-refractivity contribution in [2.45, 2.75) is 19.1 Å². The van der Waals surface area contributed by atoms with Crippen LogP contribution in [0.3, 0.4) is 0 Å². The van der Waals surface area contributed by atoms with Crippen molar-refractivity contribution in [3.8, 4) is 5.75 Å². The number of oxime groups is 1. The van der Waals surface area contributed by atoms with E-state index in [1.807, 2.05) is 24.3 Å². The van der Waals surface area contributed by atoms with Crippen molar-refractivity contribution in [3.05, 3.63) is 89.4 Å². The molecule has 160 valence electrons. The number of methoxy groups -OCH3 is 1. The fourth-order valence-electron chi connectivity index (χ4n) is 3.36. The highest BCUT2D eigenvalue weighted by Crippen LogP contribution is 2.22. The molecular formula is C23H20F2N2O4. The Morgan fingerprint density at radius 2 is 2.00 bits per heavy atom. The fraction of sp³-hybridized carbons (Fsp3) is 0.217. The van der Waals surface area contributed by atoms with Gasteiger partial charge in [-0.3, -0.25) is 4.79 Å². The topological polar surface area (TPSA) is 64.3 Å². The summed E-state index contributed by atoms with van der Waals surface area (Å²) in [7, 11) is 1.59. The van der Waals surface area contributed by atoms with E-state index >= 15 is 0 Å². The molecule has 4 rings (SSSR count). The van der Waals surface area contributed by atoms with E-state index in [0.29, 0.717) is 6.42 Å². The van der Waals surface area contributed by atoms with Gasteiger partial charge in [-0.2, -0.15) is 0 Å². The van der Waals surface area contributed by atoms with Crippen molar-refractivity contribution in [2.75, 3.05) is 13.7 Å². The number of benzene rings is 2. The number of ether oxygens (including phenoxy) is 1. The van der Waals surface area contributed by atoms with Crippen LogP contribution in [0, 0.1) is 11.6 Å². The van der Waals surface area contributed by atoms with Gasteiger partial charge in [0.2, 0.25) is 0 Å². The smallest absolute Gasteiger partial charge is 0.289 e. The maximum absolute atomic E-state index is 14.2. The van der Waals surface area contributed by atoms with Gasteiger partial charge >= 0.3 is 0 Å². The molecule has 31 heavy (non-hydrogen) atoms. The van der Waals surface area contributed by atoms with E-state index in [-0.39, 0.29) is 24.4 Å². The van der Waals surface area contributed by atoms with Crippen LogP contribution in [0.1, 0.15) is 28.1 Å². The van der Waals surface area contributed by atoms with Gasteiger partial charge < -0.3 is 18.9 Å². The van der Waals surface area contributed by atoms with Gasteiger partial charge in [-0.15, -0.1) is 0 Å². The first-order chi connectivity index (χ1) is 15.0. The summed E-state index contributed by atoms with van der Waals surface area (Å²) in [4.78, 5) is 19.9. The molecule has 1 unspecified atom stereocenters. The van der Waals surface area contributed by atoms with Crippen molar-refractivity contribution in [1.82, 2.24) is 4.90 Å². The molecule has 8 heteroatoms. The minimum absolute atomic E-state index is 0.0661. The molecule has 1 amide bonds. The highest BCUT2D eigenvalue weighted by Gasteiger charge is 2.29. The van der Waals surface area contributed by atoms with Crippen LogP contribution in [-0.4, -0.2) is 36.3 Å². The first kappa shape index (κ1) is 20.6. The summed E-state index contributed by atoms with van der Waals surface area (Å²) in [5.41, 5.74) is 1.82. The summed E-state index contributed by atoms with van der Waals surface area (Å²) in [6.07, 6.45) is 1.45. The number of furan rings is 1. The van der Waals surface area contributed by atoms with Gasteiger partial charge in [0.1, 0.15) is 17.4 Å². The predicted molar refractivity (Wildman–Crippen MR) is 109 cm³/mol. The third-order valence-electron chi connectivity index (χ3n) is 4.98. The van der Waals surface area contributed by atoms with E-state index in [1.54, 1.807) is 13.2 Å². The standard InChI is InChI=1S/C23H20F2N2O4/c1-29-18-8-5-15(6-9-18)21-12-19(31-26-21)14-27(23(28)22-3-2-10-30-22)13-16-4-7-17(24)11-20(16)25/h2-11,19H,12-14H2,1H3. The molecule has 0 fully saturated rings. The fourth-order valence-corrected chi connectivity index (χ4v) is 3.36. The zero-order chi connectivity index (χ0) is 21.8. The lowest BCUT2D eigenvalue weighted by Gasteiger charge is -2.24. The average Bonchev–Trinajstić information content (AvgIpc) is 3.47. The van der Waals surface area contributed by atoms with Gasteiger partial charge in [-0.1, -0.05) is 11.2 Å².